The summed E-state index contributed by atoms with van der Waals surface area (Å²) in [7, 11) is 0. The van der Waals surface area contributed by atoms with Gasteiger partial charge in [-0.15, -0.1) is 0 Å². The second kappa shape index (κ2) is 13.4. The Hall–Kier alpha value is -0.896. The summed E-state index contributed by atoms with van der Waals surface area (Å²) in [6.07, 6.45) is 7.63. The third-order valence-electron chi connectivity index (χ3n) is 5.78. The number of hydrogen-bond acceptors (Lipinski definition) is 2. The predicted molar refractivity (Wildman–Crippen MR) is 116 cm³/mol. The van der Waals surface area contributed by atoms with Crippen molar-refractivity contribution < 1.29 is 46.7 Å². The molecule has 3 rings (SSSR count). The smallest absolute Gasteiger partial charge is 0.137 e. The zero-order valence-corrected chi connectivity index (χ0v) is 20.9. The van der Waals surface area contributed by atoms with Crippen LogP contribution in [0.25, 0.3) is 0 Å². The maximum Gasteiger partial charge on any atom is 0.137 e. The van der Waals surface area contributed by atoms with Gasteiger partial charge in [0, 0.05) is 44.3 Å². The Morgan fingerprint density at radius 2 is 1.45 bits per heavy atom. The van der Waals surface area contributed by atoms with Gasteiger partial charge in [-0.1, -0.05) is 49.7 Å². The average Bonchev–Trinajstić information content (AvgIpc) is 2.95. The molecular formula is C25H36NO2Y+. The number of ether oxygens (including phenoxy) is 2. The zero-order chi connectivity index (χ0) is 19.5. The van der Waals surface area contributed by atoms with Gasteiger partial charge in [0.1, 0.15) is 31.2 Å². The molecule has 1 aliphatic heterocycles. The first-order valence-corrected chi connectivity index (χ1v) is 11.0. The molecule has 2 aromatic carbocycles. The average molecular weight is 471 g/mol. The maximum atomic E-state index is 6.16. The molecule has 1 fully saturated rings. The van der Waals surface area contributed by atoms with Crippen molar-refractivity contribution in [3.8, 4) is 11.5 Å². The molecular weight excluding hydrogens is 435 g/mol. The first-order valence-electron chi connectivity index (χ1n) is 11.0. The second-order valence-corrected chi connectivity index (χ2v) is 8.10. The quantitative estimate of drug-likeness (QED) is 0.321. The molecule has 155 valence electrons. The molecule has 4 heteroatoms. The number of nitrogens with zero attached hydrogens (tertiary/aromatic N) is 1. The first-order chi connectivity index (χ1) is 13.8. The van der Waals surface area contributed by atoms with E-state index in [0.29, 0.717) is 0 Å². The van der Waals surface area contributed by atoms with Crippen molar-refractivity contribution in [2.75, 3.05) is 32.8 Å². The van der Waals surface area contributed by atoms with Crippen LogP contribution in [0.1, 0.15) is 51.0 Å². The summed E-state index contributed by atoms with van der Waals surface area (Å²) in [5, 5.41) is 0. The van der Waals surface area contributed by atoms with Crippen molar-refractivity contribution in [2.24, 2.45) is 0 Å². The fourth-order valence-corrected chi connectivity index (χ4v) is 4.14. The number of hydrogen-bond donors (Lipinski definition) is 0. The Kier molecular flexibility index (Phi) is 11.3. The Bertz CT molecular complexity index is 684. The molecule has 0 atom stereocenters. The third-order valence-corrected chi connectivity index (χ3v) is 5.78. The van der Waals surface area contributed by atoms with Gasteiger partial charge in [0.25, 0.3) is 0 Å². The molecule has 0 amide bonds. The van der Waals surface area contributed by atoms with Gasteiger partial charge in [0.15, 0.2) is 0 Å². The van der Waals surface area contributed by atoms with Crippen molar-refractivity contribution >= 4 is 0 Å². The van der Waals surface area contributed by atoms with E-state index in [9.17, 15) is 0 Å². The van der Waals surface area contributed by atoms with Crippen LogP contribution >= 0.6 is 0 Å². The Morgan fingerprint density at radius 1 is 0.793 bits per heavy atom. The number of benzene rings is 2. The molecule has 1 saturated heterocycles. The molecule has 1 aliphatic rings. The molecule has 3 nitrogen and oxygen atoms in total. The minimum absolute atomic E-state index is 0. The van der Waals surface area contributed by atoms with Crippen LogP contribution in [-0.2, 0) is 39.3 Å². The fraction of sp³-hybridized carbons (Fsp3) is 0.520. The second-order valence-electron chi connectivity index (χ2n) is 8.10. The van der Waals surface area contributed by atoms with E-state index in [1.54, 1.807) is 0 Å². The van der Waals surface area contributed by atoms with E-state index in [-0.39, 0.29) is 32.7 Å². The van der Waals surface area contributed by atoms with Gasteiger partial charge in [-0.2, -0.15) is 0 Å². The zero-order valence-electron chi connectivity index (χ0n) is 18.0. The molecule has 1 heterocycles. The maximum absolute atomic E-state index is 6.16. The molecule has 0 spiro atoms. The van der Waals surface area contributed by atoms with Crippen LogP contribution in [0.3, 0.4) is 0 Å². The van der Waals surface area contributed by atoms with Gasteiger partial charge < -0.3 is 14.0 Å². The van der Waals surface area contributed by atoms with E-state index in [1.807, 2.05) is 24.3 Å². The molecule has 2 aromatic rings. The van der Waals surface area contributed by atoms with E-state index in [0.717, 1.165) is 55.1 Å². The van der Waals surface area contributed by atoms with Gasteiger partial charge in [-0.3, -0.25) is 0 Å². The van der Waals surface area contributed by atoms with Crippen LogP contribution in [0.15, 0.2) is 54.6 Å². The van der Waals surface area contributed by atoms with Crippen molar-refractivity contribution in [2.45, 2.75) is 52.0 Å². The molecule has 0 unspecified atom stereocenters. The molecule has 29 heavy (non-hydrogen) atoms. The molecule has 0 aliphatic carbocycles. The van der Waals surface area contributed by atoms with Crippen LogP contribution in [0.4, 0.5) is 0 Å². The Labute approximate surface area is 202 Å². The molecule has 0 N–H and O–H groups in total. The minimum atomic E-state index is 0. The van der Waals surface area contributed by atoms with Gasteiger partial charge >= 0.3 is 0 Å². The molecule has 0 saturated carbocycles. The normalized spacial score (nSPS) is 15.8. The monoisotopic (exact) mass is 471 g/mol. The van der Waals surface area contributed by atoms with E-state index in [1.165, 1.54) is 44.3 Å². The summed E-state index contributed by atoms with van der Waals surface area (Å²) in [6.45, 7) is 8.42. The number of quaternary nitrogens is 1. The number of likely N-dealkylation sites (tertiary alicyclic amines) is 1. The third kappa shape index (κ3) is 8.40. The summed E-state index contributed by atoms with van der Waals surface area (Å²) in [5.74, 6) is 1.83. The Balaban J connectivity index is 0.00000300. The van der Waals surface area contributed by atoms with Crippen molar-refractivity contribution in [1.82, 2.24) is 0 Å². The van der Waals surface area contributed by atoms with E-state index < -0.39 is 0 Å². The Morgan fingerprint density at radius 3 is 2.10 bits per heavy atom. The molecule has 1 radical (unpaired) electrons. The summed E-state index contributed by atoms with van der Waals surface area (Å²) < 4.78 is 13.1. The van der Waals surface area contributed by atoms with E-state index >= 15 is 0 Å². The van der Waals surface area contributed by atoms with E-state index in [2.05, 4.69) is 37.3 Å². The van der Waals surface area contributed by atoms with Crippen LogP contribution < -0.4 is 9.47 Å². The fourth-order valence-electron chi connectivity index (χ4n) is 4.14. The van der Waals surface area contributed by atoms with Gasteiger partial charge in [-0.05, 0) is 44.2 Å². The van der Waals surface area contributed by atoms with Crippen LogP contribution in [0.5, 0.6) is 11.5 Å². The summed E-state index contributed by atoms with van der Waals surface area (Å²) in [4.78, 5) is 0. The summed E-state index contributed by atoms with van der Waals surface area (Å²) in [6, 6.07) is 19.1. The van der Waals surface area contributed by atoms with Crippen LogP contribution in [0.2, 0.25) is 0 Å². The number of unbranched alkanes of at least 4 members (excludes halogenated alkanes) is 1. The van der Waals surface area contributed by atoms with Gasteiger partial charge in [0.2, 0.25) is 0 Å². The van der Waals surface area contributed by atoms with Gasteiger partial charge in [0.05, 0.1) is 19.7 Å². The SMILES string of the molecule is CCCCOc1cccc(OCC[N+]2(Cc3ccccc3)CCCCCC2)c1.[Y]. The van der Waals surface area contributed by atoms with Crippen molar-refractivity contribution in [1.29, 1.82) is 0 Å². The number of rotatable bonds is 10. The largest absolute Gasteiger partial charge is 0.493 e. The summed E-state index contributed by atoms with van der Waals surface area (Å²) >= 11 is 0. The van der Waals surface area contributed by atoms with Crippen LogP contribution in [0, 0.1) is 0 Å². The van der Waals surface area contributed by atoms with E-state index in [4.69, 9.17) is 9.47 Å². The minimum Gasteiger partial charge on any atom is -0.493 e. The standard InChI is InChI=1S/C25H36NO2.Y/c1-2-3-19-27-24-14-11-15-25(21-24)28-20-18-26(16-9-4-5-10-17-26)22-23-12-7-6-8-13-23;/h6-8,11-15,21H,2-5,9-10,16-20,22H2,1H3;/q+1;. The van der Waals surface area contributed by atoms with Crippen molar-refractivity contribution in [3.63, 3.8) is 0 Å². The molecule has 0 aromatic heterocycles. The van der Waals surface area contributed by atoms with Crippen molar-refractivity contribution in [3.05, 3.63) is 60.2 Å². The first kappa shape index (κ1) is 24.4. The molecule has 0 bridgehead atoms. The summed E-state index contributed by atoms with van der Waals surface area (Å²) in [5.41, 5.74) is 1.44. The predicted octanol–water partition coefficient (Wildman–Crippen LogP) is 5.83. The topological polar surface area (TPSA) is 18.5 Å². The van der Waals surface area contributed by atoms with Crippen LogP contribution in [-0.4, -0.2) is 37.3 Å². The van der Waals surface area contributed by atoms with Gasteiger partial charge in [-0.25, -0.2) is 0 Å².